The summed E-state index contributed by atoms with van der Waals surface area (Å²) >= 11 is 0. The molecule has 80 valence electrons. The van der Waals surface area contributed by atoms with Crippen LogP contribution in [0.25, 0.3) is 0 Å². The maximum Gasteiger partial charge on any atom is 0.337 e. The van der Waals surface area contributed by atoms with E-state index in [2.05, 4.69) is 9.72 Å². The number of hydrogen-bond acceptors (Lipinski definition) is 4. The first-order valence-electron chi connectivity index (χ1n) is 4.32. The Hall–Kier alpha value is -1.91. The first-order valence-corrected chi connectivity index (χ1v) is 4.32. The van der Waals surface area contributed by atoms with Crippen LogP contribution in [0.5, 0.6) is 0 Å². The van der Waals surface area contributed by atoms with Gasteiger partial charge in [0.1, 0.15) is 5.69 Å². The summed E-state index contributed by atoms with van der Waals surface area (Å²) in [7, 11) is 4.53. The molecule has 0 fully saturated rings. The lowest BCUT2D eigenvalue weighted by molar-refractivity contribution is 0.0600. The summed E-state index contributed by atoms with van der Waals surface area (Å²) in [6, 6.07) is 2.91. The molecule has 0 saturated carbocycles. The summed E-state index contributed by atoms with van der Waals surface area (Å²) < 4.78 is 4.54. The number of amides is 1. The van der Waals surface area contributed by atoms with Gasteiger partial charge in [-0.3, -0.25) is 9.78 Å². The zero-order valence-electron chi connectivity index (χ0n) is 8.85. The topological polar surface area (TPSA) is 59.5 Å². The van der Waals surface area contributed by atoms with Gasteiger partial charge in [0.25, 0.3) is 5.91 Å². The van der Waals surface area contributed by atoms with E-state index >= 15 is 0 Å². The number of hydrogen-bond donors (Lipinski definition) is 0. The van der Waals surface area contributed by atoms with Crippen molar-refractivity contribution < 1.29 is 14.3 Å². The quantitative estimate of drug-likeness (QED) is 0.667. The van der Waals surface area contributed by atoms with Crippen LogP contribution in [0.3, 0.4) is 0 Å². The normalized spacial score (nSPS) is 9.53. The van der Waals surface area contributed by atoms with Crippen molar-refractivity contribution in [3.63, 3.8) is 0 Å². The van der Waals surface area contributed by atoms with Crippen molar-refractivity contribution in [2.45, 2.75) is 0 Å². The third-order valence-electron chi connectivity index (χ3n) is 1.81. The number of carbonyl (C=O) groups excluding carboxylic acids is 2. The molecule has 0 unspecified atom stereocenters. The molecule has 1 heterocycles. The van der Waals surface area contributed by atoms with Crippen LogP contribution in [-0.2, 0) is 4.74 Å². The third-order valence-corrected chi connectivity index (χ3v) is 1.81. The van der Waals surface area contributed by atoms with E-state index in [1.807, 2.05) is 0 Å². The summed E-state index contributed by atoms with van der Waals surface area (Å²) in [5, 5.41) is 0. The summed E-state index contributed by atoms with van der Waals surface area (Å²) in [5.74, 6) is -0.731. The minimum atomic E-state index is -0.481. The molecule has 1 amide bonds. The number of rotatable bonds is 2. The van der Waals surface area contributed by atoms with Crippen LogP contribution in [0.15, 0.2) is 18.3 Å². The Morgan fingerprint density at radius 1 is 1.40 bits per heavy atom. The van der Waals surface area contributed by atoms with Gasteiger partial charge in [0.2, 0.25) is 0 Å². The van der Waals surface area contributed by atoms with Crippen LogP contribution in [-0.4, -0.2) is 43.0 Å². The summed E-state index contributed by atoms with van der Waals surface area (Å²) in [6.07, 6.45) is 1.41. The summed E-state index contributed by atoms with van der Waals surface area (Å²) in [6.45, 7) is 0. The first kappa shape index (κ1) is 11.2. The van der Waals surface area contributed by atoms with Gasteiger partial charge in [-0.15, -0.1) is 0 Å². The second-order valence-electron chi connectivity index (χ2n) is 3.12. The summed E-state index contributed by atoms with van der Waals surface area (Å²) in [4.78, 5) is 28.0. The number of ether oxygens (including phenoxy) is 1. The van der Waals surface area contributed by atoms with E-state index in [9.17, 15) is 9.59 Å². The second-order valence-corrected chi connectivity index (χ2v) is 3.12. The molecule has 1 rings (SSSR count). The lowest BCUT2D eigenvalue weighted by Crippen LogP contribution is -2.23. The Labute approximate surface area is 87.7 Å². The average Bonchev–Trinajstić information content (AvgIpc) is 2.27. The molecule has 0 atom stereocenters. The zero-order valence-corrected chi connectivity index (χ0v) is 8.85. The van der Waals surface area contributed by atoms with Gasteiger partial charge in [0.15, 0.2) is 0 Å². The Balaban J connectivity index is 3.02. The molecular weight excluding hydrogens is 196 g/mol. The third kappa shape index (κ3) is 2.52. The Bertz CT molecular complexity index is 388. The van der Waals surface area contributed by atoms with E-state index in [-0.39, 0.29) is 11.6 Å². The fourth-order valence-corrected chi connectivity index (χ4v) is 1.02. The average molecular weight is 208 g/mol. The van der Waals surface area contributed by atoms with Crippen molar-refractivity contribution in [2.75, 3.05) is 21.2 Å². The van der Waals surface area contributed by atoms with Crippen LogP contribution >= 0.6 is 0 Å². The molecule has 0 radical (unpaired) electrons. The van der Waals surface area contributed by atoms with Crippen molar-refractivity contribution in [1.82, 2.24) is 9.88 Å². The number of carbonyl (C=O) groups is 2. The van der Waals surface area contributed by atoms with E-state index in [0.717, 1.165) is 0 Å². The maximum absolute atomic E-state index is 11.5. The van der Waals surface area contributed by atoms with Crippen molar-refractivity contribution >= 4 is 11.9 Å². The fourth-order valence-electron chi connectivity index (χ4n) is 1.02. The number of methoxy groups -OCH3 is 1. The van der Waals surface area contributed by atoms with Crippen LogP contribution < -0.4 is 0 Å². The van der Waals surface area contributed by atoms with Gasteiger partial charge in [-0.2, -0.15) is 0 Å². The van der Waals surface area contributed by atoms with Gasteiger partial charge in [-0.1, -0.05) is 0 Å². The maximum atomic E-state index is 11.5. The molecule has 5 nitrogen and oxygen atoms in total. The first-order chi connectivity index (χ1) is 7.06. The number of aromatic nitrogens is 1. The highest BCUT2D eigenvalue weighted by Crippen LogP contribution is 2.05. The predicted molar refractivity (Wildman–Crippen MR) is 53.6 cm³/mol. The number of esters is 1. The van der Waals surface area contributed by atoms with Gasteiger partial charge in [0, 0.05) is 20.3 Å². The van der Waals surface area contributed by atoms with Crippen LogP contribution in [0.2, 0.25) is 0 Å². The van der Waals surface area contributed by atoms with E-state index in [0.29, 0.717) is 5.56 Å². The highest BCUT2D eigenvalue weighted by Gasteiger charge is 2.12. The molecule has 0 N–H and O–H groups in total. The van der Waals surface area contributed by atoms with Crippen molar-refractivity contribution in [3.05, 3.63) is 29.6 Å². The molecular formula is C10H12N2O3. The van der Waals surface area contributed by atoms with Crippen molar-refractivity contribution in [2.24, 2.45) is 0 Å². The van der Waals surface area contributed by atoms with Crippen molar-refractivity contribution in [3.8, 4) is 0 Å². The molecule has 1 aromatic heterocycles. The molecule has 5 heteroatoms. The molecule has 0 bridgehead atoms. The van der Waals surface area contributed by atoms with Crippen molar-refractivity contribution in [1.29, 1.82) is 0 Å². The Kier molecular flexibility index (Phi) is 3.38. The monoisotopic (exact) mass is 208 g/mol. The summed E-state index contributed by atoms with van der Waals surface area (Å²) in [5.41, 5.74) is 0.542. The Morgan fingerprint density at radius 2 is 2.07 bits per heavy atom. The van der Waals surface area contributed by atoms with Gasteiger partial charge in [0.05, 0.1) is 12.7 Å². The minimum Gasteiger partial charge on any atom is -0.465 e. The van der Waals surface area contributed by atoms with E-state index < -0.39 is 5.97 Å². The lowest BCUT2D eigenvalue weighted by Gasteiger charge is -2.09. The zero-order chi connectivity index (χ0) is 11.4. The Morgan fingerprint density at radius 3 is 2.60 bits per heavy atom. The minimum absolute atomic E-state index is 0.225. The highest BCUT2D eigenvalue weighted by molar-refractivity contribution is 5.96. The smallest absolute Gasteiger partial charge is 0.337 e. The molecule has 15 heavy (non-hydrogen) atoms. The molecule has 1 aromatic rings. The molecule has 0 aliphatic heterocycles. The molecule has 0 aliphatic rings. The molecule has 0 aliphatic carbocycles. The largest absolute Gasteiger partial charge is 0.465 e. The molecule has 0 aromatic carbocycles. The SMILES string of the molecule is COC(=O)c1ccnc(C(=O)N(C)C)c1. The molecule has 0 saturated heterocycles. The molecule has 0 spiro atoms. The van der Waals surface area contributed by atoms with Crippen LogP contribution in [0.4, 0.5) is 0 Å². The van der Waals surface area contributed by atoms with E-state index in [1.165, 1.54) is 30.3 Å². The predicted octanol–water partition coefficient (Wildman–Crippen LogP) is 0.570. The van der Waals surface area contributed by atoms with Gasteiger partial charge >= 0.3 is 5.97 Å². The highest BCUT2D eigenvalue weighted by atomic mass is 16.5. The van der Waals surface area contributed by atoms with Gasteiger partial charge in [-0.25, -0.2) is 4.79 Å². The number of pyridine rings is 1. The second kappa shape index (κ2) is 4.54. The lowest BCUT2D eigenvalue weighted by atomic mass is 10.2. The van der Waals surface area contributed by atoms with Gasteiger partial charge in [-0.05, 0) is 12.1 Å². The van der Waals surface area contributed by atoms with Crippen LogP contribution in [0.1, 0.15) is 20.8 Å². The van der Waals surface area contributed by atoms with Gasteiger partial charge < -0.3 is 9.64 Å². The van der Waals surface area contributed by atoms with Crippen LogP contribution in [0, 0.1) is 0 Å². The number of nitrogens with zero attached hydrogens (tertiary/aromatic N) is 2. The van der Waals surface area contributed by atoms with E-state index in [4.69, 9.17) is 0 Å². The van der Waals surface area contributed by atoms with E-state index in [1.54, 1.807) is 14.1 Å². The fraction of sp³-hybridized carbons (Fsp3) is 0.300. The standard InChI is InChI=1S/C10H12N2O3/c1-12(2)9(13)8-6-7(4-5-11-8)10(14)15-3/h4-6H,1-3H3.